The third-order valence-corrected chi connectivity index (χ3v) is 5.90. The monoisotopic (exact) mass is 282 g/mol. The molecule has 1 heteroatoms. The Morgan fingerprint density at radius 2 is 2.10 bits per heavy atom. The molecule has 1 aromatic carbocycles. The summed E-state index contributed by atoms with van der Waals surface area (Å²) in [6.07, 6.45) is 8.67. The number of allylic oxidation sites excluding steroid dienone is 2. The van der Waals surface area contributed by atoms with Gasteiger partial charge in [-0.2, -0.15) is 0 Å². The van der Waals surface area contributed by atoms with Gasteiger partial charge < -0.3 is 4.74 Å². The third-order valence-electron chi connectivity index (χ3n) is 5.90. The molecule has 2 atom stereocenters. The molecule has 1 spiro atoms. The van der Waals surface area contributed by atoms with Gasteiger partial charge in [-0.25, -0.2) is 0 Å². The van der Waals surface area contributed by atoms with E-state index in [-0.39, 0.29) is 11.0 Å². The summed E-state index contributed by atoms with van der Waals surface area (Å²) in [7, 11) is 0. The molecule has 0 bridgehead atoms. The second-order valence-electron chi connectivity index (χ2n) is 7.88. The highest BCUT2D eigenvalue weighted by Gasteiger charge is 2.58. The molecular weight excluding hydrogens is 256 g/mol. The molecule has 0 N–H and O–H groups in total. The number of hydrogen-bond acceptors (Lipinski definition) is 1. The lowest BCUT2D eigenvalue weighted by Gasteiger charge is -2.59. The van der Waals surface area contributed by atoms with E-state index in [0.717, 1.165) is 6.42 Å². The molecule has 0 saturated carbocycles. The molecule has 0 aromatic heterocycles. The number of rotatable bonds is 2. The van der Waals surface area contributed by atoms with Crippen LogP contribution in [0.3, 0.4) is 0 Å². The summed E-state index contributed by atoms with van der Waals surface area (Å²) >= 11 is 0. The van der Waals surface area contributed by atoms with Gasteiger partial charge in [0.1, 0.15) is 11.4 Å². The predicted octanol–water partition coefficient (Wildman–Crippen LogP) is 4.96. The molecule has 2 aliphatic carbocycles. The van der Waals surface area contributed by atoms with Gasteiger partial charge in [0.05, 0.1) is 0 Å². The molecule has 0 amide bonds. The van der Waals surface area contributed by atoms with Gasteiger partial charge >= 0.3 is 0 Å². The molecule has 0 fully saturated rings. The van der Waals surface area contributed by atoms with Gasteiger partial charge in [-0.3, -0.25) is 0 Å². The van der Waals surface area contributed by atoms with E-state index in [1.54, 1.807) is 11.1 Å². The smallest absolute Gasteiger partial charge is 0.124 e. The van der Waals surface area contributed by atoms with Gasteiger partial charge in [-0.15, -0.1) is 0 Å². The Kier molecular flexibility index (Phi) is 2.65. The number of benzene rings is 1. The second-order valence-corrected chi connectivity index (χ2v) is 7.88. The van der Waals surface area contributed by atoms with Crippen molar-refractivity contribution in [2.24, 2.45) is 5.92 Å². The van der Waals surface area contributed by atoms with Gasteiger partial charge in [0.25, 0.3) is 0 Å². The Labute approximate surface area is 128 Å². The fourth-order valence-electron chi connectivity index (χ4n) is 5.20. The zero-order valence-electron chi connectivity index (χ0n) is 13.8. The molecule has 0 unspecified atom stereocenters. The third kappa shape index (κ3) is 1.69. The van der Waals surface area contributed by atoms with Gasteiger partial charge in [-0.05, 0) is 63.6 Å². The summed E-state index contributed by atoms with van der Waals surface area (Å²) in [4.78, 5) is 0. The predicted molar refractivity (Wildman–Crippen MR) is 87.0 cm³/mol. The summed E-state index contributed by atoms with van der Waals surface area (Å²) < 4.78 is 6.49. The average molecular weight is 282 g/mol. The van der Waals surface area contributed by atoms with Crippen LogP contribution in [0.1, 0.15) is 63.6 Å². The maximum absolute atomic E-state index is 6.49. The lowest BCUT2D eigenvalue weighted by Crippen LogP contribution is -2.59. The molecule has 4 rings (SSSR count). The van der Waals surface area contributed by atoms with Crippen LogP contribution in [0.25, 0.3) is 0 Å². The van der Waals surface area contributed by atoms with E-state index in [1.807, 2.05) is 0 Å². The van der Waals surface area contributed by atoms with Crippen LogP contribution in [-0.4, -0.2) is 5.60 Å². The van der Waals surface area contributed by atoms with Crippen molar-refractivity contribution in [1.82, 2.24) is 0 Å². The number of aryl methyl sites for hydroxylation is 1. The first-order valence-electron chi connectivity index (χ1n) is 8.50. The van der Waals surface area contributed by atoms with Crippen LogP contribution >= 0.6 is 0 Å². The van der Waals surface area contributed by atoms with Crippen molar-refractivity contribution in [1.29, 1.82) is 0 Å². The molecule has 1 nitrogen and oxygen atoms in total. The highest BCUT2D eigenvalue weighted by atomic mass is 16.5. The second kappa shape index (κ2) is 4.15. The van der Waals surface area contributed by atoms with Crippen LogP contribution in [-0.2, 0) is 18.3 Å². The van der Waals surface area contributed by atoms with Crippen LogP contribution in [0, 0.1) is 5.92 Å². The quantitative estimate of drug-likeness (QED) is 0.697. The molecule has 0 radical (unpaired) electrons. The summed E-state index contributed by atoms with van der Waals surface area (Å²) in [6.45, 7) is 9.14. The maximum Gasteiger partial charge on any atom is 0.124 e. The molecule has 112 valence electrons. The van der Waals surface area contributed by atoms with E-state index in [1.165, 1.54) is 42.6 Å². The first kappa shape index (κ1) is 13.4. The van der Waals surface area contributed by atoms with Crippen LogP contribution in [0.2, 0.25) is 0 Å². The van der Waals surface area contributed by atoms with Crippen molar-refractivity contribution >= 4 is 0 Å². The minimum absolute atomic E-state index is 0.0489. The Morgan fingerprint density at radius 3 is 2.86 bits per heavy atom. The number of ether oxygens (including phenoxy) is 1. The largest absolute Gasteiger partial charge is 0.487 e. The van der Waals surface area contributed by atoms with Gasteiger partial charge in [-0.1, -0.05) is 31.1 Å². The van der Waals surface area contributed by atoms with E-state index < -0.39 is 0 Å². The fourth-order valence-corrected chi connectivity index (χ4v) is 5.20. The molecular formula is C20H26O. The zero-order valence-corrected chi connectivity index (χ0v) is 13.8. The van der Waals surface area contributed by atoms with Crippen LogP contribution in [0.15, 0.2) is 23.8 Å². The highest BCUT2D eigenvalue weighted by Crippen LogP contribution is 2.62. The Morgan fingerprint density at radius 1 is 1.29 bits per heavy atom. The van der Waals surface area contributed by atoms with E-state index in [0.29, 0.717) is 5.92 Å². The first-order chi connectivity index (χ1) is 9.96. The normalized spacial score (nSPS) is 31.4. The Balaban J connectivity index is 1.90. The molecule has 1 aliphatic heterocycles. The summed E-state index contributed by atoms with van der Waals surface area (Å²) in [6, 6.07) is 4.75. The van der Waals surface area contributed by atoms with Gasteiger partial charge in [0.2, 0.25) is 0 Å². The van der Waals surface area contributed by atoms with Crippen LogP contribution < -0.4 is 4.74 Å². The topological polar surface area (TPSA) is 9.23 Å². The van der Waals surface area contributed by atoms with E-state index in [4.69, 9.17) is 4.74 Å². The summed E-state index contributed by atoms with van der Waals surface area (Å²) in [5.41, 5.74) is 6.31. The van der Waals surface area contributed by atoms with E-state index >= 15 is 0 Å². The zero-order chi connectivity index (χ0) is 14.8. The van der Waals surface area contributed by atoms with Crippen molar-refractivity contribution in [3.8, 4) is 5.75 Å². The highest BCUT2D eigenvalue weighted by molar-refractivity contribution is 5.62. The van der Waals surface area contributed by atoms with Gasteiger partial charge in [0.15, 0.2) is 0 Å². The lowest BCUT2D eigenvalue weighted by atomic mass is 9.49. The first-order valence-corrected chi connectivity index (χ1v) is 8.50. The minimum atomic E-state index is -0.0489. The van der Waals surface area contributed by atoms with E-state index in [2.05, 4.69) is 45.9 Å². The van der Waals surface area contributed by atoms with Crippen LogP contribution in [0.4, 0.5) is 0 Å². The SMILES string of the molecule is CCCc1cc2c3c(c1)OC(C)(C)[C@@H]1CCC(C)=C[C@@]31C2. The van der Waals surface area contributed by atoms with Crippen molar-refractivity contribution in [2.45, 2.75) is 70.8 Å². The van der Waals surface area contributed by atoms with Crippen LogP contribution in [0.5, 0.6) is 5.75 Å². The Hall–Kier alpha value is -1.24. The fraction of sp³-hybridized carbons (Fsp3) is 0.600. The number of hydrogen-bond donors (Lipinski definition) is 0. The lowest BCUT2D eigenvalue weighted by molar-refractivity contribution is -0.0280. The van der Waals surface area contributed by atoms with Crippen molar-refractivity contribution in [2.75, 3.05) is 0 Å². The Bertz CT molecular complexity index is 637. The molecule has 0 saturated heterocycles. The summed E-state index contributed by atoms with van der Waals surface area (Å²) in [5.74, 6) is 1.81. The molecule has 1 heterocycles. The van der Waals surface area contributed by atoms with Gasteiger partial charge in [0, 0.05) is 16.9 Å². The molecule has 1 aromatic rings. The maximum atomic E-state index is 6.49. The average Bonchev–Trinajstić information content (AvgIpc) is 2.35. The van der Waals surface area contributed by atoms with Crippen molar-refractivity contribution < 1.29 is 4.74 Å². The van der Waals surface area contributed by atoms with E-state index in [9.17, 15) is 0 Å². The standard InChI is InChI=1S/C20H26O/c1-5-6-14-9-15-12-20-11-13(2)7-8-17(20)19(3,4)21-16(10-14)18(15)20/h9-11,17H,5-8,12H2,1-4H3/t17-,20-/m0/s1. The molecule has 3 aliphatic rings. The van der Waals surface area contributed by atoms with Crippen molar-refractivity contribution in [3.63, 3.8) is 0 Å². The van der Waals surface area contributed by atoms with Crippen molar-refractivity contribution in [3.05, 3.63) is 40.5 Å². The molecule has 21 heavy (non-hydrogen) atoms. The summed E-state index contributed by atoms with van der Waals surface area (Å²) in [5, 5.41) is 0. The minimum Gasteiger partial charge on any atom is -0.487 e.